The van der Waals surface area contributed by atoms with Gasteiger partial charge in [-0.1, -0.05) is 13.8 Å². The van der Waals surface area contributed by atoms with Gasteiger partial charge in [-0.05, 0) is 29.7 Å². The van der Waals surface area contributed by atoms with Gasteiger partial charge in [0, 0.05) is 11.8 Å². The highest BCUT2D eigenvalue weighted by Gasteiger charge is 2.08. The monoisotopic (exact) mass is 233 g/mol. The third-order valence-electron chi connectivity index (χ3n) is 2.04. The third-order valence-corrected chi connectivity index (χ3v) is 3.35. The maximum atomic E-state index is 5.91. The maximum Gasteiger partial charge on any atom is 0.193 e. The Balaban J connectivity index is 2.22. The fraction of sp³-hybridized carbons (Fsp3) is 0.600. The molecule has 0 radical (unpaired) electrons. The van der Waals surface area contributed by atoms with Gasteiger partial charge in [0.25, 0.3) is 0 Å². The van der Waals surface area contributed by atoms with Crippen LogP contribution in [0.25, 0.3) is 0 Å². The second-order valence-corrected chi connectivity index (χ2v) is 5.03. The maximum absolute atomic E-state index is 5.91. The van der Waals surface area contributed by atoms with Crippen LogP contribution in [0.1, 0.15) is 19.6 Å². The first kappa shape index (κ1) is 12.0. The van der Waals surface area contributed by atoms with Crippen molar-refractivity contribution in [3.63, 3.8) is 0 Å². The molecule has 1 rings (SSSR count). The second kappa shape index (κ2) is 5.69. The molecule has 0 fully saturated rings. The fourth-order valence-corrected chi connectivity index (χ4v) is 2.21. The molecule has 0 bridgehead atoms. The zero-order chi connectivity index (χ0) is 10.6. The minimum atomic E-state index is 0.255. The van der Waals surface area contributed by atoms with Gasteiger partial charge in [0.2, 0.25) is 0 Å². The van der Waals surface area contributed by atoms with Crippen LogP contribution in [0.2, 0.25) is 5.22 Å². The second-order valence-electron chi connectivity index (χ2n) is 3.63. The number of thioether (sulfide) groups is 1. The number of halogens is 1. The highest BCUT2D eigenvalue weighted by atomic mass is 35.5. The van der Waals surface area contributed by atoms with E-state index in [1.165, 1.54) is 0 Å². The Kier molecular flexibility index (Phi) is 4.85. The van der Waals surface area contributed by atoms with Crippen molar-refractivity contribution >= 4 is 23.4 Å². The molecule has 80 valence electrons. The van der Waals surface area contributed by atoms with Gasteiger partial charge < -0.3 is 10.2 Å². The van der Waals surface area contributed by atoms with E-state index in [4.69, 9.17) is 21.8 Å². The van der Waals surface area contributed by atoms with E-state index in [1.807, 2.05) is 6.07 Å². The number of hydrogen-bond donors (Lipinski definition) is 1. The largest absolute Gasteiger partial charge is 0.449 e. The van der Waals surface area contributed by atoms with Gasteiger partial charge in [0.05, 0.1) is 5.75 Å². The summed E-state index contributed by atoms with van der Waals surface area (Å²) >= 11 is 7.43. The van der Waals surface area contributed by atoms with Gasteiger partial charge in [-0.2, -0.15) is 11.8 Å². The van der Waals surface area contributed by atoms with Crippen molar-refractivity contribution in [2.75, 3.05) is 5.75 Å². The first-order chi connectivity index (χ1) is 6.59. The lowest BCUT2D eigenvalue weighted by atomic mass is 10.1. The molecular weight excluding hydrogens is 218 g/mol. The fourth-order valence-electron chi connectivity index (χ4n) is 0.917. The van der Waals surface area contributed by atoms with E-state index in [-0.39, 0.29) is 6.04 Å². The van der Waals surface area contributed by atoms with E-state index in [0.717, 1.165) is 17.3 Å². The Bertz CT molecular complexity index is 275. The molecule has 0 saturated carbocycles. The van der Waals surface area contributed by atoms with Crippen molar-refractivity contribution in [1.82, 2.24) is 0 Å². The molecule has 1 atom stereocenters. The predicted octanol–water partition coefficient (Wildman–Crippen LogP) is 3.15. The predicted molar refractivity (Wildman–Crippen MR) is 62.7 cm³/mol. The van der Waals surface area contributed by atoms with Crippen molar-refractivity contribution in [2.24, 2.45) is 11.7 Å². The minimum Gasteiger partial charge on any atom is -0.449 e. The summed E-state index contributed by atoms with van der Waals surface area (Å²) in [4.78, 5) is 0. The first-order valence-corrected chi connectivity index (χ1v) is 6.20. The van der Waals surface area contributed by atoms with E-state index in [9.17, 15) is 0 Å². The molecule has 0 aliphatic carbocycles. The van der Waals surface area contributed by atoms with Crippen LogP contribution in [0.15, 0.2) is 16.5 Å². The van der Waals surface area contributed by atoms with Crippen LogP contribution in [0.5, 0.6) is 0 Å². The number of furan rings is 1. The highest BCUT2D eigenvalue weighted by Crippen LogP contribution is 2.19. The van der Waals surface area contributed by atoms with Crippen molar-refractivity contribution in [3.8, 4) is 0 Å². The van der Waals surface area contributed by atoms with E-state index in [2.05, 4.69) is 13.8 Å². The molecule has 0 spiro atoms. The summed E-state index contributed by atoms with van der Waals surface area (Å²) in [5.41, 5.74) is 5.91. The smallest absolute Gasteiger partial charge is 0.193 e. The van der Waals surface area contributed by atoms with Crippen LogP contribution in [-0.2, 0) is 5.75 Å². The lowest BCUT2D eigenvalue weighted by Gasteiger charge is -2.14. The van der Waals surface area contributed by atoms with Crippen LogP contribution in [0.4, 0.5) is 0 Å². The number of hydrogen-bond acceptors (Lipinski definition) is 3. The molecule has 0 aliphatic rings. The third kappa shape index (κ3) is 3.95. The molecular formula is C10H16ClNOS. The van der Waals surface area contributed by atoms with Crippen molar-refractivity contribution in [1.29, 1.82) is 0 Å². The summed E-state index contributed by atoms with van der Waals surface area (Å²) in [6.07, 6.45) is 0. The Labute approximate surface area is 94.2 Å². The van der Waals surface area contributed by atoms with Crippen molar-refractivity contribution < 1.29 is 4.42 Å². The summed E-state index contributed by atoms with van der Waals surface area (Å²) in [5, 5.41) is 0.453. The molecule has 1 unspecified atom stereocenters. The van der Waals surface area contributed by atoms with Crippen LogP contribution < -0.4 is 5.73 Å². The zero-order valence-electron chi connectivity index (χ0n) is 8.50. The topological polar surface area (TPSA) is 39.2 Å². The average molecular weight is 234 g/mol. The van der Waals surface area contributed by atoms with E-state index in [1.54, 1.807) is 17.8 Å². The molecule has 2 nitrogen and oxygen atoms in total. The Morgan fingerprint density at radius 2 is 2.21 bits per heavy atom. The summed E-state index contributed by atoms with van der Waals surface area (Å²) in [6, 6.07) is 3.92. The molecule has 0 saturated heterocycles. The Morgan fingerprint density at radius 1 is 1.50 bits per heavy atom. The lowest BCUT2D eigenvalue weighted by Crippen LogP contribution is -2.28. The van der Waals surface area contributed by atoms with Crippen LogP contribution in [0.3, 0.4) is 0 Å². The first-order valence-electron chi connectivity index (χ1n) is 4.67. The molecule has 1 aromatic rings. The molecule has 1 heterocycles. The van der Waals surface area contributed by atoms with Crippen LogP contribution in [-0.4, -0.2) is 11.8 Å². The molecule has 14 heavy (non-hydrogen) atoms. The molecule has 4 heteroatoms. The molecule has 0 aromatic carbocycles. The Morgan fingerprint density at radius 3 is 2.71 bits per heavy atom. The zero-order valence-corrected chi connectivity index (χ0v) is 10.1. The quantitative estimate of drug-likeness (QED) is 0.849. The van der Waals surface area contributed by atoms with Gasteiger partial charge in [0.1, 0.15) is 5.76 Å². The van der Waals surface area contributed by atoms with E-state index >= 15 is 0 Å². The van der Waals surface area contributed by atoms with Gasteiger partial charge in [-0.15, -0.1) is 0 Å². The van der Waals surface area contributed by atoms with Crippen molar-refractivity contribution in [3.05, 3.63) is 23.1 Å². The van der Waals surface area contributed by atoms with Crippen LogP contribution in [0, 0.1) is 5.92 Å². The summed E-state index contributed by atoms with van der Waals surface area (Å²) in [7, 11) is 0. The average Bonchev–Trinajstić information content (AvgIpc) is 2.51. The van der Waals surface area contributed by atoms with Crippen LogP contribution >= 0.6 is 23.4 Å². The highest BCUT2D eigenvalue weighted by molar-refractivity contribution is 7.98. The SMILES string of the molecule is CC(C)C(N)CSCc1ccc(Cl)o1. The molecule has 1 aromatic heterocycles. The van der Waals surface area contributed by atoms with E-state index in [0.29, 0.717) is 11.1 Å². The lowest BCUT2D eigenvalue weighted by molar-refractivity contribution is 0.527. The van der Waals surface area contributed by atoms with E-state index < -0.39 is 0 Å². The minimum absolute atomic E-state index is 0.255. The molecule has 0 amide bonds. The molecule has 0 aliphatic heterocycles. The summed E-state index contributed by atoms with van der Waals surface area (Å²) in [5.74, 6) is 3.24. The molecule has 2 N–H and O–H groups in total. The normalized spacial score (nSPS) is 13.5. The van der Waals surface area contributed by atoms with Gasteiger partial charge in [-0.3, -0.25) is 0 Å². The van der Waals surface area contributed by atoms with Gasteiger partial charge in [-0.25, -0.2) is 0 Å². The summed E-state index contributed by atoms with van der Waals surface area (Å²) in [6.45, 7) is 4.27. The Hall–Kier alpha value is -0.120. The standard InChI is InChI=1S/C10H16ClNOS/c1-7(2)9(12)6-14-5-8-3-4-10(11)13-8/h3-4,7,9H,5-6,12H2,1-2H3. The summed E-state index contributed by atoms with van der Waals surface area (Å²) < 4.78 is 5.23. The van der Waals surface area contributed by atoms with Gasteiger partial charge >= 0.3 is 0 Å². The van der Waals surface area contributed by atoms with Crippen molar-refractivity contribution in [2.45, 2.75) is 25.6 Å². The number of nitrogens with two attached hydrogens (primary N) is 1. The van der Waals surface area contributed by atoms with Gasteiger partial charge in [0.15, 0.2) is 5.22 Å². The number of rotatable bonds is 5.